The zero-order valence-electron chi connectivity index (χ0n) is 22.3. The van der Waals surface area contributed by atoms with Crippen molar-refractivity contribution in [1.29, 1.82) is 0 Å². The van der Waals surface area contributed by atoms with Crippen molar-refractivity contribution < 1.29 is 37.8 Å². The number of rotatable bonds is 8. The van der Waals surface area contributed by atoms with Crippen LogP contribution in [0.1, 0.15) is 41.2 Å². The molecule has 204 valence electrons. The highest BCUT2D eigenvalue weighted by molar-refractivity contribution is 7.84. The maximum absolute atomic E-state index is 14.2. The van der Waals surface area contributed by atoms with Crippen molar-refractivity contribution >= 4 is 34.0 Å². The number of hydrogen-bond donors (Lipinski definition) is 2. The predicted molar refractivity (Wildman–Crippen MR) is 148 cm³/mol. The highest BCUT2D eigenvalue weighted by Crippen LogP contribution is 2.48. The van der Waals surface area contributed by atoms with E-state index >= 15 is 0 Å². The fourth-order valence-electron chi connectivity index (χ4n) is 4.65. The topological polar surface area (TPSA) is 102 Å². The Bertz CT molecular complexity index is 1540. The maximum Gasteiger partial charge on any atom is 0.310 e. The summed E-state index contributed by atoms with van der Waals surface area (Å²) >= 11 is 0. The number of aromatic hydroxyl groups is 2. The van der Waals surface area contributed by atoms with Crippen LogP contribution in [0.3, 0.4) is 0 Å². The molecule has 0 saturated heterocycles. The van der Waals surface area contributed by atoms with Crippen LogP contribution in [0.25, 0.3) is 17.2 Å². The standard InChI is InChI=1S/C30H29FO7S/c1-16-22(12-18-6-9-20(10-7-18)39(5)35)24-13-19(31)8-11-21(24)23(16)14-26(32)38-15-25-17(2)27(33)29(36-3)30(37-4)28(25)34/h6-13,33-34H,14-15H2,1-5H3/b22-12-. The molecule has 0 radical (unpaired) electrons. The van der Waals surface area contributed by atoms with Gasteiger partial charge in [-0.25, -0.2) is 4.39 Å². The molecule has 0 bridgehead atoms. The van der Waals surface area contributed by atoms with Gasteiger partial charge in [-0.15, -0.1) is 0 Å². The summed E-state index contributed by atoms with van der Waals surface area (Å²) in [6.45, 7) is 3.13. The van der Waals surface area contributed by atoms with E-state index in [1.807, 2.05) is 25.1 Å². The van der Waals surface area contributed by atoms with Gasteiger partial charge in [-0.2, -0.15) is 0 Å². The summed E-state index contributed by atoms with van der Waals surface area (Å²) in [6.07, 6.45) is 3.43. The molecule has 1 aliphatic rings. The molecule has 0 heterocycles. The average molecular weight is 553 g/mol. The lowest BCUT2D eigenvalue weighted by Gasteiger charge is -2.17. The Morgan fingerprint density at radius 3 is 2.23 bits per heavy atom. The molecule has 1 unspecified atom stereocenters. The minimum absolute atomic E-state index is 0.0185. The summed E-state index contributed by atoms with van der Waals surface area (Å²) < 4.78 is 41.7. The third kappa shape index (κ3) is 5.40. The van der Waals surface area contributed by atoms with Gasteiger partial charge in [-0.3, -0.25) is 9.00 Å². The van der Waals surface area contributed by atoms with Gasteiger partial charge in [-0.1, -0.05) is 18.2 Å². The Balaban J connectivity index is 1.62. The number of halogens is 1. The van der Waals surface area contributed by atoms with E-state index in [4.69, 9.17) is 14.2 Å². The number of fused-ring (bicyclic) bond motifs is 1. The van der Waals surface area contributed by atoms with Crippen LogP contribution >= 0.6 is 0 Å². The third-order valence-electron chi connectivity index (χ3n) is 6.81. The second-order valence-corrected chi connectivity index (χ2v) is 10.5. The Labute approximate surface area is 228 Å². The molecule has 3 aromatic carbocycles. The van der Waals surface area contributed by atoms with Crippen molar-refractivity contribution in [2.24, 2.45) is 0 Å². The van der Waals surface area contributed by atoms with E-state index in [0.29, 0.717) is 16.0 Å². The van der Waals surface area contributed by atoms with E-state index in [-0.39, 0.29) is 47.2 Å². The van der Waals surface area contributed by atoms with E-state index in [0.717, 1.165) is 22.3 Å². The molecule has 9 heteroatoms. The average Bonchev–Trinajstić information content (AvgIpc) is 3.15. The molecule has 0 aromatic heterocycles. The van der Waals surface area contributed by atoms with Gasteiger partial charge in [0, 0.05) is 33.1 Å². The molecule has 1 atom stereocenters. The number of carbonyl (C=O) groups is 1. The molecule has 0 amide bonds. The molecule has 0 aliphatic heterocycles. The first-order valence-electron chi connectivity index (χ1n) is 12.0. The molecule has 4 rings (SSSR count). The van der Waals surface area contributed by atoms with Crippen LogP contribution in [0, 0.1) is 12.7 Å². The van der Waals surface area contributed by atoms with Crippen molar-refractivity contribution in [2.75, 3.05) is 20.5 Å². The number of methoxy groups -OCH3 is 2. The molecule has 2 N–H and O–H groups in total. The summed E-state index contributed by atoms with van der Waals surface area (Å²) in [5.74, 6) is -1.56. The van der Waals surface area contributed by atoms with Crippen LogP contribution in [-0.4, -0.2) is 40.9 Å². The molecule has 3 aromatic rings. The monoisotopic (exact) mass is 552 g/mol. The molecular formula is C30H29FO7S. The number of phenolic OH excluding ortho intramolecular Hbond substituents is 2. The van der Waals surface area contributed by atoms with Gasteiger partial charge in [0.1, 0.15) is 12.4 Å². The number of allylic oxidation sites excluding steroid dienone is 2. The Hall–Kier alpha value is -4.11. The lowest BCUT2D eigenvalue weighted by molar-refractivity contribution is -0.143. The molecule has 39 heavy (non-hydrogen) atoms. The van der Waals surface area contributed by atoms with E-state index in [2.05, 4.69) is 0 Å². The number of carbonyl (C=O) groups excluding carboxylic acids is 1. The summed E-state index contributed by atoms with van der Waals surface area (Å²) in [5, 5.41) is 21.1. The normalized spacial score (nSPS) is 14.4. The molecule has 0 fully saturated rings. The molecular weight excluding hydrogens is 523 g/mol. The lowest BCUT2D eigenvalue weighted by Crippen LogP contribution is -2.07. The number of ether oxygens (including phenoxy) is 3. The van der Waals surface area contributed by atoms with Crippen molar-refractivity contribution in [3.63, 3.8) is 0 Å². The summed E-state index contributed by atoms with van der Waals surface area (Å²) in [5.41, 5.74) is 4.99. The van der Waals surface area contributed by atoms with Crippen LogP contribution in [0.5, 0.6) is 23.0 Å². The van der Waals surface area contributed by atoms with Gasteiger partial charge >= 0.3 is 5.97 Å². The van der Waals surface area contributed by atoms with Gasteiger partial charge in [-0.05, 0) is 77.6 Å². The van der Waals surface area contributed by atoms with Gasteiger partial charge < -0.3 is 24.4 Å². The van der Waals surface area contributed by atoms with Gasteiger partial charge in [0.2, 0.25) is 11.5 Å². The van der Waals surface area contributed by atoms with Crippen LogP contribution in [0.2, 0.25) is 0 Å². The van der Waals surface area contributed by atoms with Crippen LogP contribution in [-0.2, 0) is 26.9 Å². The van der Waals surface area contributed by atoms with Gasteiger partial charge in [0.25, 0.3) is 0 Å². The van der Waals surface area contributed by atoms with Crippen molar-refractivity contribution in [1.82, 2.24) is 0 Å². The van der Waals surface area contributed by atoms with Crippen LogP contribution in [0.15, 0.2) is 52.9 Å². The molecule has 7 nitrogen and oxygen atoms in total. The Kier molecular flexibility index (Phi) is 8.11. The molecule has 0 spiro atoms. The van der Waals surface area contributed by atoms with Crippen LogP contribution < -0.4 is 9.47 Å². The van der Waals surface area contributed by atoms with Gasteiger partial charge in [0.15, 0.2) is 11.5 Å². The summed E-state index contributed by atoms with van der Waals surface area (Å²) in [4.78, 5) is 13.7. The number of esters is 1. The fraction of sp³-hybridized carbons (Fsp3) is 0.233. The van der Waals surface area contributed by atoms with E-state index in [1.54, 1.807) is 31.4 Å². The second-order valence-electron chi connectivity index (χ2n) is 9.08. The highest BCUT2D eigenvalue weighted by atomic mass is 32.2. The van der Waals surface area contributed by atoms with Gasteiger partial charge in [0.05, 0.1) is 20.6 Å². The fourth-order valence-corrected chi connectivity index (χ4v) is 5.17. The smallest absolute Gasteiger partial charge is 0.310 e. The quantitative estimate of drug-likeness (QED) is 0.271. The lowest BCUT2D eigenvalue weighted by atomic mass is 10.0. The second kappa shape index (κ2) is 11.3. The first-order valence-corrected chi connectivity index (χ1v) is 13.6. The Morgan fingerprint density at radius 1 is 0.974 bits per heavy atom. The summed E-state index contributed by atoms with van der Waals surface area (Å²) in [6, 6.07) is 11.7. The zero-order valence-corrected chi connectivity index (χ0v) is 23.1. The van der Waals surface area contributed by atoms with Crippen molar-refractivity contribution in [3.05, 3.63) is 81.7 Å². The first kappa shape index (κ1) is 27.9. The van der Waals surface area contributed by atoms with Crippen molar-refractivity contribution in [3.8, 4) is 23.0 Å². The minimum atomic E-state index is -1.10. The minimum Gasteiger partial charge on any atom is -0.504 e. The predicted octanol–water partition coefficient (Wildman–Crippen LogP) is 5.76. The molecule has 0 saturated carbocycles. The number of hydrogen-bond acceptors (Lipinski definition) is 7. The van der Waals surface area contributed by atoms with E-state index in [9.17, 15) is 23.6 Å². The Morgan fingerprint density at radius 2 is 1.62 bits per heavy atom. The first-order chi connectivity index (χ1) is 18.6. The summed E-state index contributed by atoms with van der Waals surface area (Å²) in [7, 11) is 1.56. The van der Waals surface area contributed by atoms with Crippen LogP contribution in [0.4, 0.5) is 4.39 Å². The SMILES string of the molecule is COc1c(O)c(C)c(COC(=O)CC2=C(C)/C(=C/c3ccc(S(C)=O)cc3)c3cc(F)ccc32)c(O)c1OC. The third-order valence-corrected chi connectivity index (χ3v) is 7.75. The maximum atomic E-state index is 14.2. The van der Waals surface area contributed by atoms with Crippen molar-refractivity contribution in [2.45, 2.75) is 31.8 Å². The zero-order chi connectivity index (χ0) is 28.4. The largest absolute Gasteiger partial charge is 0.504 e. The van der Waals surface area contributed by atoms with E-state index < -0.39 is 22.6 Å². The number of phenols is 2. The number of benzene rings is 3. The highest BCUT2D eigenvalue weighted by Gasteiger charge is 2.28. The van der Waals surface area contributed by atoms with E-state index in [1.165, 1.54) is 26.4 Å². The molecule has 1 aliphatic carbocycles.